The van der Waals surface area contributed by atoms with Gasteiger partial charge in [0.1, 0.15) is 24.1 Å². The molecule has 148 valence electrons. The van der Waals surface area contributed by atoms with E-state index in [1.54, 1.807) is 11.7 Å². The van der Waals surface area contributed by atoms with E-state index in [9.17, 15) is 10.1 Å². The fourth-order valence-corrected chi connectivity index (χ4v) is 3.86. The molecule has 0 spiro atoms. The molecule has 0 aliphatic heterocycles. The van der Waals surface area contributed by atoms with Crippen molar-refractivity contribution in [1.82, 2.24) is 4.57 Å². The van der Waals surface area contributed by atoms with Gasteiger partial charge in [-0.1, -0.05) is 31.4 Å². The fourth-order valence-electron chi connectivity index (χ4n) is 3.86. The second-order valence-electron chi connectivity index (χ2n) is 7.03. The van der Waals surface area contributed by atoms with Gasteiger partial charge in [-0.2, -0.15) is 5.26 Å². The smallest absolute Gasteiger partial charge is 0.271 e. The number of methoxy groups -OCH3 is 1. The molecule has 6 nitrogen and oxygen atoms in total. The first kappa shape index (κ1) is 20.1. The number of nitriles is 1. The second-order valence-corrected chi connectivity index (χ2v) is 7.03. The third-order valence-electron chi connectivity index (χ3n) is 5.32. The van der Waals surface area contributed by atoms with Gasteiger partial charge in [-0.15, -0.1) is 0 Å². The molecule has 0 atom stereocenters. The number of hydrogen-bond acceptors (Lipinski definition) is 5. The molecule has 2 aromatic rings. The topological polar surface area (TPSA) is 84.5 Å². The van der Waals surface area contributed by atoms with Crippen LogP contribution in [0.2, 0.25) is 0 Å². The molecule has 1 saturated carbocycles. The molecule has 0 bridgehead atoms. The zero-order valence-corrected chi connectivity index (χ0v) is 16.2. The average molecular weight is 382 g/mol. The summed E-state index contributed by atoms with van der Waals surface area (Å²) >= 11 is 0. The Hall–Kier alpha value is -2.62. The molecule has 3 rings (SSSR count). The summed E-state index contributed by atoms with van der Waals surface area (Å²) in [6, 6.07) is 11.4. The quantitative estimate of drug-likeness (QED) is 0.742. The van der Waals surface area contributed by atoms with Crippen LogP contribution in [0.15, 0.2) is 35.1 Å². The fraction of sp³-hybridized carbons (Fsp3) is 0.455. The summed E-state index contributed by atoms with van der Waals surface area (Å²) in [5.41, 5.74) is 2.14. The standard InChI is InChI=1S/C22H26N2O4/c1-27-18-9-7-16(8-10-18)19-13-21(17-5-3-2-4-6-17)24(15-28-12-11-25)22(26)20(19)14-23/h7-10,13,17,25H,2-6,11-12,15H2,1H3. The van der Waals surface area contributed by atoms with Crippen molar-refractivity contribution < 1.29 is 14.6 Å². The van der Waals surface area contributed by atoms with Crippen molar-refractivity contribution in [1.29, 1.82) is 5.26 Å². The molecule has 6 heteroatoms. The van der Waals surface area contributed by atoms with Crippen LogP contribution in [0, 0.1) is 11.3 Å². The van der Waals surface area contributed by atoms with E-state index in [4.69, 9.17) is 14.6 Å². The molecule has 1 aliphatic rings. The van der Waals surface area contributed by atoms with E-state index in [1.165, 1.54) is 6.42 Å². The maximum atomic E-state index is 13.1. The van der Waals surface area contributed by atoms with Crippen molar-refractivity contribution in [2.75, 3.05) is 20.3 Å². The zero-order valence-electron chi connectivity index (χ0n) is 16.2. The molecule has 1 aliphatic carbocycles. The lowest BCUT2D eigenvalue weighted by atomic mass is 9.85. The molecule has 1 N–H and O–H groups in total. The van der Waals surface area contributed by atoms with Crippen LogP contribution in [0.1, 0.15) is 49.3 Å². The Labute approximate surface area is 165 Å². The summed E-state index contributed by atoms with van der Waals surface area (Å²) < 4.78 is 12.2. The highest BCUT2D eigenvalue weighted by atomic mass is 16.5. The number of aliphatic hydroxyl groups excluding tert-OH is 1. The van der Waals surface area contributed by atoms with Crippen molar-refractivity contribution in [2.24, 2.45) is 0 Å². The molecule has 1 aromatic heterocycles. The Morgan fingerprint density at radius 1 is 1.21 bits per heavy atom. The second kappa shape index (κ2) is 9.54. The van der Waals surface area contributed by atoms with Crippen LogP contribution in [-0.2, 0) is 11.5 Å². The van der Waals surface area contributed by atoms with Gasteiger partial charge >= 0.3 is 0 Å². The third kappa shape index (κ3) is 4.27. The lowest BCUT2D eigenvalue weighted by Gasteiger charge is -2.26. The largest absolute Gasteiger partial charge is 0.497 e. The lowest BCUT2D eigenvalue weighted by Crippen LogP contribution is -2.30. The third-order valence-corrected chi connectivity index (χ3v) is 5.32. The summed E-state index contributed by atoms with van der Waals surface area (Å²) in [5, 5.41) is 18.7. The Bertz CT molecular complexity index is 890. The molecule has 0 unspecified atom stereocenters. The van der Waals surface area contributed by atoms with Crippen LogP contribution in [0.25, 0.3) is 11.1 Å². The lowest BCUT2D eigenvalue weighted by molar-refractivity contribution is 0.0441. The molecular formula is C22H26N2O4. The van der Waals surface area contributed by atoms with Gasteiger partial charge in [-0.05, 0) is 42.5 Å². The number of aromatic nitrogens is 1. The summed E-state index contributed by atoms with van der Waals surface area (Å²) in [5.74, 6) is 0.990. The predicted octanol–water partition coefficient (Wildman–Crippen LogP) is 3.41. The molecule has 1 fully saturated rings. The first-order valence-corrected chi connectivity index (χ1v) is 9.70. The highest BCUT2D eigenvalue weighted by molar-refractivity contribution is 5.71. The molecular weight excluding hydrogens is 356 g/mol. The van der Waals surface area contributed by atoms with Gasteiger partial charge in [-0.3, -0.25) is 9.36 Å². The molecule has 0 radical (unpaired) electrons. The van der Waals surface area contributed by atoms with Gasteiger partial charge in [0, 0.05) is 11.3 Å². The summed E-state index contributed by atoms with van der Waals surface area (Å²) in [6.45, 7) is 0.0873. The Balaban J connectivity index is 2.12. The number of hydrogen-bond donors (Lipinski definition) is 1. The van der Waals surface area contributed by atoms with Gasteiger partial charge < -0.3 is 14.6 Å². The molecule has 1 aromatic carbocycles. The van der Waals surface area contributed by atoms with Crippen LogP contribution in [0.5, 0.6) is 5.75 Å². The van der Waals surface area contributed by atoms with Gasteiger partial charge in [0.2, 0.25) is 0 Å². The van der Waals surface area contributed by atoms with E-state index in [1.807, 2.05) is 30.3 Å². The van der Waals surface area contributed by atoms with Crippen LogP contribution in [0.3, 0.4) is 0 Å². The van der Waals surface area contributed by atoms with Crippen LogP contribution in [-0.4, -0.2) is 30.0 Å². The van der Waals surface area contributed by atoms with E-state index in [2.05, 4.69) is 6.07 Å². The average Bonchev–Trinajstić information content (AvgIpc) is 2.75. The number of aliphatic hydroxyl groups is 1. The van der Waals surface area contributed by atoms with Crippen LogP contribution < -0.4 is 10.3 Å². The molecule has 28 heavy (non-hydrogen) atoms. The maximum absolute atomic E-state index is 13.1. The number of nitrogens with zero attached hydrogens (tertiary/aromatic N) is 2. The minimum atomic E-state index is -0.339. The zero-order chi connectivity index (χ0) is 19.9. The normalized spacial score (nSPS) is 14.6. The number of pyridine rings is 1. The van der Waals surface area contributed by atoms with E-state index in [-0.39, 0.29) is 37.0 Å². The van der Waals surface area contributed by atoms with Crippen molar-refractivity contribution in [2.45, 2.75) is 44.8 Å². The molecule has 0 amide bonds. The van der Waals surface area contributed by atoms with Crippen LogP contribution >= 0.6 is 0 Å². The number of benzene rings is 1. The summed E-state index contributed by atoms with van der Waals surface area (Å²) in [4.78, 5) is 13.1. The predicted molar refractivity (Wildman–Crippen MR) is 106 cm³/mol. The SMILES string of the molecule is COc1ccc(-c2cc(C3CCCCC3)n(COCCO)c(=O)c2C#N)cc1. The maximum Gasteiger partial charge on any atom is 0.271 e. The first-order valence-electron chi connectivity index (χ1n) is 9.70. The number of ether oxygens (including phenoxy) is 2. The molecule has 1 heterocycles. The van der Waals surface area contributed by atoms with E-state index in [0.717, 1.165) is 42.7 Å². The highest BCUT2D eigenvalue weighted by Gasteiger charge is 2.23. The minimum Gasteiger partial charge on any atom is -0.497 e. The van der Waals surface area contributed by atoms with Crippen molar-refractivity contribution >= 4 is 0 Å². The minimum absolute atomic E-state index is 0.0444. The highest BCUT2D eigenvalue weighted by Crippen LogP contribution is 2.35. The Morgan fingerprint density at radius 2 is 1.93 bits per heavy atom. The summed E-state index contributed by atoms with van der Waals surface area (Å²) in [7, 11) is 1.60. The van der Waals surface area contributed by atoms with Gasteiger partial charge in [0.05, 0.1) is 20.3 Å². The monoisotopic (exact) mass is 382 g/mol. The van der Waals surface area contributed by atoms with Gasteiger partial charge in [0.25, 0.3) is 5.56 Å². The van der Waals surface area contributed by atoms with Crippen molar-refractivity contribution in [3.8, 4) is 22.9 Å². The van der Waals surface area contributed by atoms with Crippen molar-refractivity contribution in [3.05, 3.63) is 51.9 Å². The van der Waals surface area contributed by atoms with Gasteiger partial charge in [0.15, 0.2) is 0 Å². The van der Waals surface area contributed by atoms with E-state index in [0.29, 0.717) is 5.56 Å². The van der Waals surface area contributed by atoms with E-state index < -0.39 is 0 Å². The summed E-state index contributed by atoms with van der Waals surface area (Å²) in [6.07, 6.45) is 5.52. The number of rotatable bonds is 7. The molecule has 0 saturated heterocycles. The Morgan fingerprint density at radius 3 is 2.54 bits per heavy atom. The first-order chi connectivity index (χ1) is 13.7. The van der Waals surface area contributed by atoms with Crippen LogP contribution in [0.4, 0.5) is 0 Å². The van der Waals surface area contributed by atoms with E-state index >= 15 is 0 Å². The van der Waals surface area contributed by atoms with Crippen molar-refractivity contribution in [3.63, 3.8) is 0 Å². The Kier molecular flexibility index (Phi) is 6.85. The van der Waals surface area contributed by atoms with Gasteiger partial charge in [-0.25, -0.2) is 0 Å².